The van der Waals surface area contributed by atoms with E-state index in [0.717, 1.165) is 5.56 Å². The number of amides is 3. The van der Waals surface area contributed by atoms with Crippen LogP contribution >= 0.6 is 11.6 Å². The zero-order valence-electron chi connectivity index (χ0n) is 14.4. The maximum absolute atomic E-state index is 12.2. The van der Waals surface area contributed by atoms with Crippen LogP contribution in [0.2, 0.25) is 5.02 Å². The molecule has 27 heavy (non-hydrogen) atoms. The minimum absolute atomic E-state index is 0.161. The third kappa shape index (κ3) is 5.59. The standard InChI is InChI=1S/C21H18ClN3O2/c22-19-9-5-4-6-15(19)14-20(26)23-17-10-12-18(13-11-17)25-21(27)24-16-7-2-1-3-8-16/h1-13H,14H2,(H,23,26)(H2,24,25,27). The van der Waals surface area contributed by atoms with E-state index >= 15 is 0 Å². The first-order valence-corrected chi connectivity index (χ1v) is 8.74. The topological polar surface area (TPSA) is 70.2 Å². The van der Waals surface area contributed by atoms with Crippen molar-refractivity contribution >= 4 is 40.6 Å². The number of para-hydroxylation sites is 1. The van der Waals surface area contributed by atoms with Crippen LogP contribution in [0.4, 0.5) is 21.9 Å². The summed E-state index contributed by atoms with van der Waals surface area (Å²) in [5.41, 5.74) is 2.74. The summed E-state index contributed by atoms with van der Waals surface area (Å²) in [4.78, 5) is 24.1. The highest BCUT2D eigenvalue weighted by atomic mass is 35.5. The molecule has 0 heterocycles. The summed E-state index contributed by atoms with van der Waals surface area (Å²) >= 11 is 6.07. The van der Waals surface area contributed by atoms with Crippen molar-refractivity contribution in [2.24, 2.45) is 0 Å². The number of rotatable bonds is 5. The molecule has 3 rings (SSSR count). The maximum atomic E-state index is 12.2. The molecule has 0 bridgehead atoms. The molecule has 0 aliphatic heterocycles. The molecule has 0 aliphatic carbocycles. The van der Waals surface area contributed by atoms with Gasteiger partial charge in [-0.05, 0) is 48.0 Å². The van der Waals surface area contributed by atoms with E-state index in [2.05, 4.69) is 16.0 Å². The second kappa shape index (κ2) is 8.87. The Hall–Kier alpha value is -3.31. The smallest absolute Gasteiger partial charge is 0.323 e. The Morgan fingerprint density at radius 2 is 1.19 bits per heavy atom. The van der Waals surface area contributed by atoms with Gasteiger partial charge in [0.25, 0.3) is 0 Å². The molecule has 5 nitrogen and oxygen atoms in total. The highest BCUT2D eigenvalue weighted by Crippen LogP contribution is 2.18. The van der Waals surface area contributed by atoms with E-state index in [1.54, 1.807) is 42.5 Å². The van der Waals surface area contributed by atoms with Crippen LogP contribution in [0, 0.1) is 0 Å². The van der Waals surface area contributed by atoms with Crippen LogP contribution < -0.4 is 16.0 Å². The van der Waals surface area contributed by atoms with Crippen LogP contribution in [-0.4, -0.2) is 11.9 Å². The Kier molecular flexibility index (Phi) is 6.07. The summed E-state index contributed by atoms with van der Waals surface area (Å²) < 4.78 is 0. The molecule has 0 saturated heterocycles. The van der Waals surface area contributed by atoms with Crippen molar-refractivity contribution < 1.29 is 9.59 Å². The van der Waals surface area contributed by atoms with Crippen molar-refractivity contribution in [3.05, 3.63) is 89.4 Å². The number of carbonyl (C=O) groups is 2. The van der Waals surface area contributed by atoms with Gasteiger partial charge < -0.3 is 16.0 Å². The minimum Gasteiger partial charge on any atom is -0.326 e. The Labute approximate surface area is 162 Å². The molecule has 0 fully saturated rings. The maximum Gasteiger partial charge on any atom is 0.323 e. The molecule has 3 aromatic carbocycles. The molecule has 3 N–H and O–H groups in total. The van der Waals surface area contributed by atoms with Gasteiger partial charge in [-0.2, -0.15) is 0 Å². The van der Waals surface area contributed by atoms with Gasteiger partial charge in [-0.15, -0.1) is 0 Å². The van der Waals surface area contributed by atoms with Gasteiger partial charge in [0.1, 0.15) is 0 Å². The average molecular weight is 380 g/mol. The van der Waals surface area contributed by atoms with Crippen LogP contribution in [0.1, 0.15) is 5.56 Å². The highest BCUT2D eigenvalue weighted by Gasteiger charge is 2.07. The summed E-state index contributed by atoms with van der Waals surface area (Å²) in [6, 6.07) is 23.0. The Morgan fingerprint density at radius 1 is 0.667 bits per heavy atom. The Bertz CT molecular complexity index is 928. The predicted molar refractivity (Wildman–Crippen MR) is 109 cm³/mol. The van der Waals surface area contributed by atoms with E-state index in [1.807, 2.05) is 36.4 Å². The van der Waals surface area contributed by atoms with Crippen LogP contribution in [0.25, 0.3) is 0 Å². The Balaban J connectivity index is 1.53. The van der Waals surface area contributed by atoms with Gasteiger partial charge in [-0.3, -0.25) is 4.79 Å². The average Bonchev–Trinajstić information content (AvgIpc) is 2.66. The largest absolute Gasteiger partial charge is 0.326 e. The van der Waals surface area contributed by atoms with E-state index in [0.29, 0.717) is 22.1 Å². The molecule has 136 valence electrons. The summed E-state index contributed by atoms with van der Waals surface area (Å²) in [5.74, 6) is -0.161. The van der Waals surface area contributed by atoms with Gasteiger partial charge in [0, 0.05) is 22.1 Å². The fraction of sp³-hybridized carbons (Fsp3) is 0.0476. The van der Waals surface area contributed by atoms with E-state index in [4.69, 9.17) is 11.6 Å². The number of halogens is 1. The van der Waals surface area contributed by atoms with Gasteiger partial charge in [0.15, 0.2) is 0 Å². The van der Waals surface area contributed by atoms with E-state index < -0.39 is 0 Å². The summed E-state index contributed by atoms with van der Waals surface area (Å²) in [6.45, 7) is 0. The fourth-order valence-corrected chi connectivity index (χ4v) is 2.67. The minimum atomic E-state index is -0.336. The zero-order chi connectivity index (χ0) is 19.1. The normalized spacial score (nSPS) is 10.1. The zero-order valence-corrected chi connectivity index (χ0v) is 15.2. The van der Waals surface area contributed by atoms with E-state index in [-0.39, 0.29) is 18.4 Å². The van der Waals surface area contributed by atoms with Gasteiger partial charge in [-0.25, -0.2) is 4.79 Å². The lowest BCUT2D eigenvalue weighted by atomic mass is 10.1. The molecule has 6 heteroatoms. The van der Waals surface area contributed by atoms with Gasteiger partial charge in [0.05, 0.1) is 6.42 Å². The first kappa shape index (κ1) is 18.5. The number of benzene rings is 3. The highest BCUT2D eigenvalue weighted by molar-refractivity contribution is 6.31. The van der Waals surface area contributed by atoms with E-state index in [1.165, 1.54) is 0 Å². The van der Waals surface area contributed by atoms with Gasteiger partial charge in [0.2, 0.25) is 5.91 Å². The van der Waals surface area contributed by atoms with Crippen LogP contribution in [-0.2, 0) is 11.2 Å². The number of hydrogen-bond acceptors (Lipinski definition) is 2. The molecule has 3 aromatic rings. The first-order chi connectivity index (χ1) is 13.1. The lowest BCUT2D eigenvalue weighted by Crippen LogP contribution is -2.19. The SMILES string of the molecule is O=C(Cc1ccccc1Cl)Nc1ccc(NC(=O)Nc2ccccc2)cc1. The number of carbonyl (C=O) groups excluding carboxylic acids is 2. The van der Waals surface area contributed by atoms with Crippen molar-refractivity contribution in [3.63, 3.8) is 0 Å². The lowest BCUT2D eigenvalue weighted by Gasteiger charge is -2.09. The van der Waals surface area contributed by atoms with E-state index in [9.17, 15) is 9.59 Å². The van der Waals surface area contributed by atoms with Gasteiger partial charge in [-0.1, -0.05) is 48.0 Å². The summed E-state index contributed by atoms with van der Waals surface area (Å²) in [5, 5.41) is 8.85. The number of nitrogens with one attached hydrogen (secondary N) is 3. The second-order valence-corrected chi connectivity index (χ2v) is 6.25. The molecule has 0 radical (unpaired) electrons. The van der Waals surface area contributed by atoms with Crippen molar-refractivity contribution in [3.8, 4) is 0 Å². The molecule has 3 amide bonds. The van der Waals surface area contributed by atoms with Crippen LogP contribution in [0.3, 0.4) is 0 Å². The summed E-state index contributed by atoms with van der Waals surface area (Å²) in [6.07, 6.45) is 0.194. The van der Waals surface area contributed by atoms with Crippen molar-refractivity contribution in [2.45, 2.75) is 6.42 Å². The quantitative estimate of drug-likeness (QED) is 0.572. The molecule has 0 atom stereocenters. The summed E-state index contributed by atoms with van der Waals surface area (Å²) in [7, 11) is 0. The van der Waals surface area contributed by atoms with Crippen molar-refractivity contribution in [2.75, 3.05) is 16.0 Å². The van der Waals surface area contributed by atoms with Crippen LogP contribution in [0.5, 0.6) is 0 Å². The van der Waals surface area contributed by atoms with Crippen LogP contribution in [0.15, 0.2) is 78.9 Å². The third-order valence-electron chi connectivity index (χ3n) is 3.77. The number of anilines is 3. The molecule has 0 saturated carbocycles. The lowest BCUT2D eigenvalue weighted by molar-refractivity contribution is -0.115. The third-order valence-corrected chi connectivity index (χ3v) is 4.14. The Morgan fingerprint density at radius 3 is 1.81 bits per heavy atom. The number of hydrogen-bond donors (Lipinski definition) is 3. The van der Waals surface area contributed by atoms with Crippen molar-refractivity contribution in [1.82, 2.24) is 0 Å². The van der Waals surface area contributed by atoms with Crippen molar-refractivity contribution in [1.29, 1.82) is 0 Å². The molecule has 0 spiro atoms. The predicted octanol–water partition coefficient (Wildman–Crippen LogP) is 5.17. The number of urea groups is 1. The molecular formula is C21H18ClN3O2. The molecular weight excluding hydrogens is 362 g/mol. The van der Waals surface area contributed by atoms with Gasteiger partial charge >= 0.3 is 6.03 Å². The monoisotopic (exact) mass is 379 g/mol. The fourth-order valence-electron chi connectivity index (χ4n) is 2.47. The molecule has 0 aliphatic rings. The first-order valence-electron chi connectivity index (χ1n) is 8.36. The molecule has 0 unspecified atom stereocenters. The second-order valence-electron chi connectivity index (χ2n) is 5.84. The molecule has 0 aromatic heterocycles.